The van der Waals surface area contributed by atoms with E-state index < -0.39 is 17.4 Å². The summed E-state index contributed by atoms with van der Waals surface area (Å²) in [7, 11) is 1.55. The molecule has 1 amide bonds. The number of fused-ring (bicyclic) bond motifs is 1. The Bertz CT molecular complexity index is 1870. The molecule has 0 bridgehead atoms. The van der Waals surface area contributed by atoms with E-state index in [4.69, 9.17) is 33.7 Å². The SMILES string of the molecule is COc1ccc(NC(=O)C2=c3s/c(=C\c4ccccc4Cl)c(=O)n3C(N)=C(C#N)C2c2ccccc2Cl)cc1. The molecule has 0 saturated carbocycles. The summed E-state index contributed by atoms with van der Waals surface area (Å²) in [6, 6.07) is 22.9. The molecule has 0 radical (unpaired) electrons. The van der Waals surface area contributed by atoms with Crippen molar-refractivity contribution in [3.63, 3.8) is 0 Å². The summed E-state index contributed by atoms with van der Waals surface area (Å²) in [5, 5.41) is 13.9. The van der Waals surface area contributed by atoms with Gasteiger partial charge in [0.25, 0.3) is 11.5 Å². The molecule has 1 aliphatic rings. The van der Waals surface area contributed by atoms with Crippen LogP contribution in [0, 0.1) is 11.3 Å². The predicted octanol–water partition coefficient (Wildman–Crippen LogP) is 4.29. The number of aromatic nitrogens is 1. The Morgan fingerprint density at radius 2 is 1.74 bits per heavy atom. The van der Waals surface area contributed by atoms with Gasteiger partial charge in [-0.15, -0.1) is 11.3 Å². The Morgan fingerprint density at radius 3 is 2.38 bits per heavy atom. The highest BCUT2D eigenvalue weighted by Crippen LogP contribution is 2.39. The van der Waals surface area contributed by atoms with Gasteiger partial charge in [-0.3, -0.25) is 14.2 Å². The number of allylic oxidation sites excluding steroid dienone is 1. The standard InChI is InChI=1S/C29H20Cl2N4O3S/c1-38-18-12-10-17(11-13-18)34-27(36)25-24(19-7-3-5-9-22(19)31)20(15-32)26(33)35-28(37)23(39-29(25)35)14-16-6-2-4-8-21(16)30/h2-14,24H,33H2,1H3,(H,34,36)/b23-14-. The van der Waals surface area contributed by atoms with Gasteiger partial charge in [0.1, 0.15) is 16.2 Å². The van der Waals surface area contributed by atoms with Gasteiger partial charge in [0.2, 0.25) is 0 Å². The minimum atomic E-state index is -0.909. The molecule has 0 saturated heterocycles. The van der Waals surface area contributed by atoms with E-state index in [0.29, 0.717) is 41.8 Å². The van der Waals surface area contributed by atoms with Crippen LogP contribution in [0.4, 0.5) is 5.69 Å². The molecule has 1 aliphatic heterocycles. The number of hydrogen-bond acceptors (Lipinski definition) is 6. The Labute approximate surface area is 237 Å². The van der Waals surface area contributed by atoms with Gasteiger partial charge >= 0.3 is 0 Å². The number of hydrogen-bond donors (Lipinski definition) is 2. The number of methoxy groups -OCH3 is 1. The summed E-state index contributed by atoms with van der Waals surface area (Å²) in [6.07, 6.45) is 1.64. The summed E-state index contributed by atoms with van der Waals surface area (Å²) in [6.45, 7) is 0. The largest absolute Gasteiger partial charge is 0.497 e. The van der Waals surface area contributed by atoms with Gasteiger partial charge in [0.15, 0.2) is 0 Å². The molecule has 0 aliphatic carbocycles. The fourth-order valence-electron chi connectivity index (χ4n) is 4.39. The monoisotopic (exact) mass is 574 g/mol. The number of nitriles is 1. The second-order valence-electron chi connectivity index (χ2n) is 8.54. The van der Waals surface area contributed by atoms with Gasteiger partial charge < -0.3 is 15.8 Å². The van der Waals surface area contributed by atoms with Crippen LogP contribution in [-0.2, 0) is 4.79 Å². The Hall–Kier alpha value is -4.29. The average molecular weight is 575 g/mol. The summed E-state index contributed by atoms with van der Waals surface area (Å²) in [5.41, 5.74) is 7.84. The third-order valence-electron chi connectivity index (χ3n) is 6.27. The smallest absolute Gasteiger partial charge is 0.274 e. The van der Waals surface area contributed by atoms with Crippen molar-refractivity contribution in [2.75, 3.05) is 12.4 Å². The molecule has 4 aromatic rings. The van der Waals surface area contributed by atoms with Crippen LogP contribution in [0.25, 0.3) is 17.5 Å². The van der Waals surface area contributed by atoms with Crippen LogP contribution < -0.4 is 30.5 Å². The molecule has 194 valence electrons. The normalized spacial score (nSPS) is 15.1. The first-order valence-corrected chi connectivity index (χ1v) is 13.2. The van der Waals surface area contributed by atoms with Crippen molar-refractivity contribution in [2.24, 2.45) is 5.73 Å². The third-order valence-corrected chi connectivity index (χ3v) is 8.07. The van der Waals surface area contributed by atoms with Gasteiger partial charge in [-0.2, -0.15) is 5.26 Å². The van der Waals surface area contributed by atoms with Crippen molar-refractivity contribution >= 4 is 63.6 Å². The van der Waals surface area contributed by atoms with Gasteiger partial charge in [-0.1, -0.05) is 59.6 Å². The van der Waals surface area contributed by atoms with E-state index in [2.05, 4.69) is 11.4 Å². The molecule has 10 heteroatoms. The first-order valence-electron chi connectivity index (χ1n) is 11.7. The van der Waals surface area contributed by atoms with E-state index in [9.17, 15) is 14.9 Å². The van der Waals surface area contributed by atoms with Crippen molar-refractivity contribution < 1.29 is 9.53 Å². The van der Waals surface area contributed by atoms with Crippen molar-refractivity contribution in [2.45, 2.75) is 5.92 Å². The summed E-state index contributed by atoms with van der Waals surface area (Å²) in [5.74, 6) is -0.849. The highest BCUT2D eigenvalue weighted by atomic mass is 35.5. The molecule has 3 aromatic carbocycles. The number of nitrogens with two attached hydrogens (primary N) is 1. The number of nitrogens with one attached hydrogen (secondary N) is 1. The lowest BCUT2D eigenvalue weighted by atomic mass is 9.83. The van der Waals surface area contributed by atoms with Crippen LogP contribution in [0.5, 0.6) is 5.75 Å². The van der Waals surface area contributed by atoms with E-state index in [1.54, 1.807) is 86.0 Å². The molecule has 3 N–H and O–H groups in total. The van der Waals surface area contributed by atoms with Gasteiger partial charge in [0, 0.05) is 15.7 Å². The van der Waals surface area contributed by atoms with E-state index >= 15 is 0 Å². The van der Waals surface area contributed by atoms with Crippen LogP contribution in [0.15, 0.2) is 83.2 Å². The fraction of sp³-hybridized carbons (Fsp3) is 0.0690. The zero-order valence-electron chi connectivity index (χ0n) is 20.4. The van der Waals surface area contributed by atoms with E-state index in [0.717, 1.165) is 11.3 Å². The maximum atomic E-state index is 13.9. The highest BCUT2D eigenvalue weighted by molar-refractivity contribution is 7.07. The zero-order valence-corrected chi connectivity index (χ0v) is 22.8. The fourth-order valence-corrected chi connectivity index (χ4v) is 5.99. The number of nitrogens with zero attached hydrogens (tertiary/aromatic N) is 2. The molecule has 0 fully saturated rings. The average Bonchev–Trinajstić information content (AvgIpc) is 3.26. The molecule has 2 heterocycles. The van der Waals surface area contributed by atoms with Crippen LogP contribution >= 0.6 is 34.5 Å². The van der Waals surface area contributed by atoms with Crippen molar-refractivity contribution in [1.82, 2.24) is 4.57 Å². The number of anilines is 1. The maximum Gasteiger partial charge on any atom is 0.274 e. The number of carbonyl (C=O) groups is 1. The summed E-state index contributed by atoms with van der Waals surface area (Å²) in [4.78, 5) is 27.5. The predicted molar refractivity (Wildman–Crippen MR) is 155 cm³/mol. The number of halogens is 2. The molecular weight excluding hydrogens is 555 g/mol. The van der Waals surface area contributed by atoms with Crippen molar-refractivity contribution in [3.8, 4) is 11.8 Å². The summed E-state index contributed by atoms with van der Waals surface area (Å²) < 4.78 is 7.01. The van der Waals surface area contributed by atoms with Crippen LogP contribution in [-0.4, -0.2) is 17.6 Å². The van der Waals surface area contributed by atoms with Crippen LogP contribution in [0.3, 0.4) is 0 Å². The van der Waals surface area contributed by atoms with E-state index in [-0.39, 0.29) is 17.0 Å². The van der Waals surface area contributed by atoms with Crippen LogP contribution in [0.1, 0.15) is 17.0 Å². The number of amides is 1. The number of rotatable bonds is 5. The van der Waals surface area contributed by atoms with Gasteiger partial charge in [0.05, 0.1) is 34.8 Å². The van der Waals surface area contributed by atoms with Gasteiger partial charge in [-0.05, 0) is 53.6 Å². The highest BCUT2D eigenvalue weighted by Gasteiger charge is 2.36. The lowest BCUT2D eigenvalue weighted by Gasteiger charge is -2.26. The molecule has 1 aromatic heterocycles. The number of carbonyl (C=O) groups excluding carboxylic acids is 1. The maximum absolute atomic E-state index is 13.9. The van der Waals surface area contributed by atoms with Gasteiger partial charge in [-0.25, -0.2) is 0 Å². The quantitative estimate of drug-likeness (QED) is 0.369. The number of ether oxygens (including phenoxy) is 1. The van der Waals surface area contributed by atoms with E-state index in [1.165, 1.54) is 4.57 Å². The Kier molecular flexibility index (Phi) is 7.31. The Morgan fingerprint density at radius 1 is 1.08 bits per heavy atom. The van der Waals surface area contributed by atoms with Crippen molar-refractivity contribution in [3.05, 3.63) is 119 Å². The molecule has 1 unspecified atom stereocenters. The molecule has 1 atom stereocenters. The molecule has 7 nitrogen and oxygen atoms in total. The van der Waals surface area contributed by atoms with Crippen LogP contribution in [0.2, 0.25) is 10.0 Å². The second kappa shape index (κ2) is 10.8. The molecule has 5 rings (SSSR count). The van der Waals surface area contributed by atoms with Crippen molar-refractivity contribution in [1.29, 1.82) is 5.26 Å². The zero-order chi connectivity index (χ0) is 27.7. The lowest BCUT2D eigenvalue weighted by molar-refractivity contribution is -0.111. The minimum Gasteiger partial charge on any atom is -0.497 e. The Balaban J connectivity index is 1.81. The molecule has 0 spiro atoms. The van der Waals surface area contributed by atoms with E-state index in [1.807, 2.05) is 0 Å². The minimum absolute atomic E-state index is 0.0414. The first kappa shape index (κ1) is 26.3. The first-order chi connectivity index (χ1) is 18.8. The third kappa shape index (κ3) is 4.84. The number of benzene rings is 3. The molecular formula is C29H20Cl2N4O3S. The number of thiazole rings is 1. The molecule has 39 heavy (non-hydrogen) atoms. The summed E-state index contributed by atoms with van der Waals surface area (Å²) >= 11 is 14.0. The lowest BCUT2D eigenvalue weighted by Crippen LogP contribution is -2.40. The topological polar surface area (TPSA) is 110 Å². The second-order valence-corrected chi connectivity index (χ2v) is 10.4.